The lowest BCUT2D eigenvalue weighted by Crippen LogP contribution is -2.27. The normalized spacial score (nSPS) is 22.4. The zero-order chi connectivity index (χ0) is 13.3. The molecule has 0 bridgehead atoms. The van der Waals surface area contributed by atoms with Crippen molar-refractivity contribution in [3.05, 3.63) is 34.4 Å². The van der Waals surface area contributed by atoms with E-state index in [1.54, 1.807) is 0 Å². The van der Waals surface area contributed by atoms with Crippen LogP contribution >= 0.6 is 0 Å². The molecule has 0 radical (unpaired) electrons. The molecule has 1 atom stereocenters. The van der Waals surface area contributed by atoms with Crippen LogP contribution in [0.2, 0.25) is 0 Å². The van der Waals surface area contributed by atoms with Gasteiger partial charge in [0.05, 0.1) is 0 Å². The molecule has 1 heteroatoms. The Balaban J connectivity index is 1.99. The van der Waals surface area contributed by atoms with Gasteiger partial charge in [0.15, 0.2) is 0 Å². The number of rotatable bonds is 3. The molecule has 1 unspecified atom stereocenters. The fourth-order valence-electron chi connectivity index (χ4n) is 3.35. The maximum absolute atomic E-state index is 3.75. The van der Waals surface area contributed by atoms with E-state index in [1.165, 1.54) is 41.5 Å². The topological polar surface area (TPSA) is 12.0 Å². The number of benzene rings is 1. The van der Waals surface area contributed by atoms with Crippen LogP contribution in [0.15, 0.2) is 12.1 Å². The Bertz CT molecular complexity index is 408. The summed E-state index contributed by atoms with van der Waals surface area (Å²) in [5.41, 5.74) is 6.25. The van der Waals surface area contributed by atoms with Crippen LogP contribution in [0.1, 0.15) is 55.4 Å². The Kier molecular flexibility index (Phi) is 3.82. The highest BCUT2D eigenvalue weighted by Crippen LogP contribution is 2.37. The van der Waals surface area contributed by atoms with Gasteiger partial charge in [-0.1, -0.05) is 31.5 Å². The van der Waals surface area contributed by atoms with Crippen molar-refractivity contribution < 1.29 is 0 Å². The summed E-state index contributed by atoms with van der Waals surface area (Å²) in [6.45, 7) is 12.4. The first-order valence-corrected chi connectivity index (χ1v) is 7.17. The van der Waals surface area contributed by atoms with Crippen molar-refractivity contribution in [3.8, 4) is 0 Å². The minimum Gasteiger partial charge on any atom is -0.310 e. The second kappa shape index (κ2) is 5.05. The molecular formula is C17H27N. The number of hydrogen-bond donors (Lipinski definition) is 1. The van der Waals surface area contributed by atoms with Crippen LogP contribution in [0.25, 0.3) is 0 Å². The SMILES string of the molecule is Cc1cc(C)c(CNC2CCC(C)(C)C2)c(C)c1. The van der Waals surface area contributed by atoms with Gasteiger partial charge in [0.2, 0.25) is 0 Å². The van der Waals surface area contributed by atoms with Gasteiger partial charge in [-0.2, -0.15) is 0 Å². The minimum atomic E-state index is 0.537. The second-order valence-corrected chi connectivity index (χ2v) is 6.86. The summed E-state index contributed by atoms with van der Waals surface area (Å²) in [5, 5.41) is 3.75. The Labute approximate surface area is 112 Å². The Hall–Kier alpha value is -0.820. The molecule has 2 rings (SSSR count). The van der Waals surface area contributed by atoms with Crippen molar-refractivity contribution in [2.24, 2.45) is 5.41 Å². The van der Waals surface area contributed by atoms with Crippen LogP contribution in [0.5, 0.6) is 0 Å². The van der Waals surface area contributed by atoms with Crippen LogP contribution in [0.4, 0.5) is 0 Å². The van der Waals surface area contributed by atoms with Crippen molar-refractivity contribution >= 4 is 0 Å². The third-order valence-electron chi connectivity index (χ3n) is 4.38. The summed E-state index contributed by atoms with van der Waals surface area (Å²) in [6, 6.07) is 5.30. The molecule has 1 aromatic rings. The maximum Gasteiger partial charge on any atom is 0.0213 e. The van der Waals surface area contributed by atoms with E-state index in [0.29, 0.717) is 11.5 Å². The van der Waals surface area contributed by atoms with E-state index in [1.807, 2.05) is 0 Å². The molecule has 1 N–H and O–H groups in total. The molecule has 0 aliphatic heterocycles. The van der Waals surface area contributed by atoms with Crippen LogP contribution in [0, 0.1) is 26.2 Å². The van der Waals surface area contributed by atoms with E-state index in [9.17, 15) is 0 Å². The summed E-state index contributed by atoms with van der Waals surface area (Å²) >= 11 is 0. The summed E-state index contributed by atoms with van der Waals surface area (Å²) < 4.78 is 0. The first kappa shape index (κ1) is 13.6. The molecule has 100 valence electrons. The summed E-state index contributed by atoms with van der Waals surface area (Å²) in [7, 11) is 0. The maximum atomic E-state index is 3.75. The zero-order valence-electron chi connectivity index (χ0n) is 12.6. The molecule has 0 amide bonds. The third-order valence-corrected chi connectivity index (χ3v) is 4.38. The highest BCUT2D eigenvalue weighted by atomic mass is 14.9. The molecule has 0 heterocycles. The van der Waals surface area contributed by atoms with Crippen molar-refractivity contribution in [3.63, 3.8) is 0 Å². The van der Waals surface area contributed by atoms with Crippen LogP contribution < -0.4 is 5.32 Å². The van der Waals surface area contributed by atoms with Crippen molar-refractivity contribution in [2.75, 3.05) is 0 Å². The van der Waals surface area contributed by atoms with E-state index < -0.39 is 0 Å². The summed E-state index contributed by atoms with van der Waals surface area (Å²) in [4.78, 5) is 0. The lowest BCUT2D eigenvalue weighted by molar-refractivity contribution is 0.364. The zero-order valence-corrected chi connectivity index (χ0v) is 12.6. The summed E-state index contributed by atoms with van der Waals surface area (Å²) in [5.74, 6) is 0. The van der Waals surface area contributed by atoms with E-state index in [4.69, 9.17) is 0 Å². The van der Waals surface area contributed by atoms with Gasteiger partial charge < -0.3 is 5.32 Å². The fourth-order valence-corrected chi connectivity index (χ4v) is 3.35. The number of nitrogens with one attached hydrogen (secondary N) is 1. The molecule has 18 heavy (non-hydrogen) atoms. The highest BCUT2D eigenvalue weighted by molar-refractivity contribution is 5.37. The molecule has 1 saturated carbocycles. The average Bonchev–Trinajstić information content (AvgIpc) is 2.56. The highest BCUT2D eigenvalue weighted by Gasteiger charge is 2.30. The molecule has 1 aromatic carbocycles. The first-order chi connectivity index (χ1) is 8.37. The van der Waals surface area contributed by atoms with E-state index in [0.717, 1.165) is 6.54 Å². The van der Waals surface area contributed by atoms with Gasteiger partial charge in [0.1, 0.15) is 0 Å². The molecule has 1 aliphatic carbocycles. The van der Waals surface area contributed by atoms with Gasteiger partial charge in [0, 0.05) is 12.6 Å². The number of aryl methyl sites for hydroxylation is 3. The van der Waals surface area contributed by atoms with Crippen LogP contribution in [-0.4, -0.2) is 6.04 Å². The third kappa shape index (κ3) is 3.14. The average molecular weight is 245 g/mol. The molecular weight excluding hydrogens is 218 g/mol. The lowest BCUT2D eigenvalue weighted by atomic mass is 9.92. The van der Waals surface area contributed by atoms with Crippen LogP contribution in [-0.2, 0) is 6.54 Å². The molecule has 1 fully saturated rings. The Morgan fingerprint density at radius 1 is 1.17 bits per heavy atom. The van der Waals surface area contributed by atoms with Gasteiger partial charge in [-0.25, -0.2) is 0 Å². The molecule has 1 nitrogen and oxygen atoms in total. The number of hydrogen-bond acceptors (Lipinski definition) is 1. The Morgan fingerprint density at radius 2 is 1.78 bits per heavy atom. The molecule has 0 aromatic heterocycles. The molecule has 0 spiro atoms. The van der Waals surface area contributed by atoms with Crippen LogP contribution in [0.3, 0.4) is 0 Å². The Morgan fingerprint density at radius 3 is 2.28 bits per heavy atom. The molecule has 1 aliphatic rings. The fraction of sp³-hybridized carbons (Fsp3) is 0.647. The van der Waals surface area contributed by atoms with Gasteiger partial charge in [0.25, 0.3) is 0 Å². The van der Waals surface area contributed by atoms with Gasteiger partial charge in [-0.3, -0.25) is 0 Å². The van der Waals surface area contributed by atoms with Crippen molar-refractivity contribution in [1.29, 1.82) is 0 Å². The summed E-state index contributed by atoms with van der Waals surface area (Å²) in [6.07, 6.45) is 4.00. The van der Waals surface area contributed by atoms with Gasteiger partial charge in [-0.05, 0) is 62.1 Å². The smallest absolute Gasteiger partial charge is 0.0213 e. The standard InChI is InChI=1S/C17H27N/c1-12-8-13(2)16(14(3)9-12)11-18-15-6-7-17(4,5)10-15/h8-9,15,18H,6-7,10-11H2,1-5H3. The first-order valence-electron chi connectivity index (χ1n) is 7.17. The predicted octanol–water partition coefficient (Wildman–Crippen LogP) is 4.28. The van der Waals surface area contributed by atoms with E-state index >= 15 is 0 Å². The van der Waals surface area contributed by atoms with E-state index in [2.05, 4.69) is 52.1 Å². The second-order valence-electron chi connectivity index (χ2n) is 6.86. The lowest BCUT2D eigenvalue weighted by Gasteiger charge is -2.19. The van der Waals surface area contributed by atoms with Crippen molar-refractivity contribution in [2.45, 2.75) is 66.5 Å². The predicted molar refractivity (Wildman–Crippen MR) is 78.9 cm³/mol. The van der Waals surface area contributed by atoms with Gasteiger partial charge >= 0.3 is 0 Å². The monoisotopic (exact) mass is 245 g/mol. The van der Waals surface area contributed by atoms with E-state index in [-0.39, 0.29) is 0 Å². The quantitative estimate of drug-likeness (QED) is 0.838. The minimum absolute atomic E-state index is 0.537. The van der Waals surface area contributed by atoms with Gasteiger partial charge in [-0.15, -0.1) is 0 Å². The van der Waals surface area contributed by atoms with Crippen molar-refractivity contribution in [1.82, 2.24) is 5.32 Å². The molecule has 0 saturated heterocycles. The largest absolute Gasteiger partial charge is 0.310 e.